The third-order valence-corrected chi connectivity index (χ3v) is 5.61. The summed E-state index contributed by atoms with van der Waals surface area (Å²) in [6.07, 6.45) is -0.604. The Morgan fingerprint density at radius 2 is 1.83 bits per heavy atom. The van der Waals surface area contributed by atoms with Crippen molar-refractivity contribution < 1.29 is 38.1 Å². The van der Waals surface area contributed by atoms with Crippen LogP contribution in [-0.2, 0) is 9.59 Å². The maximum absolute atomic E-state index is 13.0. The highest BCUT2D eigenvalue weighted by atomic mass is 32.2. The van der Waals surface area contributed by atoms with Gasteiger partial charge in [0.1, 0.15) is 22.8 Å². The average molecular weight is 518 g/mol. The molecule has 3 aromatic rings. The predicted molar refractivity (Wildman–Crippen MR) is 132 cm³/mol. The van der Waals surface area contributed by atoms with Crippen molar-refractivity contribution in [3.63, 3.8) is 0 Å². The number of fused-ring (bicyclic) bond motifs is 1. The maximum atomic E-state index is 13.0. The van der Waals surface area contributed by atoms with Crippen molar-refractivity contribution in [1.29, 1.82) is 0 Å². The number of methoxy groups -OCH3 is 1. The van der Waals surface area contributed by atoms with Crippen LogP contribution in [0.4, 0.5) is 0 Å². The van der Waals surface area contributed by atoms with E-state index in [-0.39, 0.29) is 34.0 Å². The zero-order chi connectivity index (χ0) is 26.4. The van der Waals surface area contributed by atoms with Crippen LogP contribution < -0.4 is 30.1 Å². The van der Waals surface area contributed by atoms with E-state index in [1.165, 1.54) is 37.1 Å². The Balaban J connectivity index is 1.88. The molecule has 1 heterocycles. The molecule has 0 fully saturated rings. The SMILES string of the molecule is CCOc1c(OC)c(OC(C)C)cc2oc(Sc3ccc(OC(=O)C[C@H](N)C(=O)O)cc3)cc(=O)c12. The fourth-order valence-corrected chi connectivity index (χ4v) is 4.03. The van der Waals surface area contributed by atoms with E-state index in [0.29, 0.717) is 28.1 Å². The van der Waals surface area contributed by atoms with Crippen LogP contribution in [0.1, 0.15) is 27.2 Å². The van der Waals surface area contributed by atoms with E-state index in [2.05, 4.69) is 0 Å². The molecule has 0 spiro atoms. The Labute approximate surface area is 211 Å². The molecule has 0 aliphatic carbocycles. The minimum atomic E-state index is -1.34. The molecular weight excluding hydrogens is 490 g/mol. The molecule has 11 heteroatoms. The highest BCUT2D eigenvalue weighted by molar-refractivity contribution is 7.99. The molecule has 0 saturated carbocycles. The van der Waals surface area contributed by atoms with E-state index in [4.69, 9.17) is 34.2 Å². The van der Waals surface area contributed by atoms with Gasteiger partial charge >= 0.3 is 11.9 Å². The zero-order valence-corrected chi connectivity index (χ0v) is 21.0. The molecular formula is C25H27NO9S. The van der Waals surface area contributed by atoms with Gasteiger partial charge < -0.3 is 34.2 Å². The summed E-state index contributed by atoms with van der Waals surface area (Å²) in [5.74, 6) is -0.850. The van der Waals surface area contributed by atoms with E-state index < -0.39 is 24.4 Å². The molecule has 0 bridgehead atoms. The van der Waals surface area contributed by atoms with Gasteiger partial charge in [-0.15, -0.1) is 0 Å². The quantitative estimate of drug-likeness (QED) is 0.282. The standard InChI is InChI=1S/C25H27NO9S/c1-5-32-24-22-17(27)11-21(35-18(22)12-19(23(24)31-4)33-13(2)3)36-15-8-6-14(7-9-15)34-20(28)10-16(26)25(29)30/h6-9,11-13,16H,5,10,26H2,1-4H3,(H,29,30)/t16-/m0/s1. The number of carboxylic acids is 1. The zero-order valence-electron chi connectivity index (χ0n) is 20.2. The minimum absolute atomic E-state index is 0.150. The number of rotatable bonds is 11. The van der Waals surface area contributed by atoms with Gasteiger partial charge in [0.05, 0.1) is 26.2 Å². The summed E-state index contributed by atoms with van der Waals surface area (Å²) in [6.45, 7) is 5.85. The molecule has 2 aromatic carbocycles. The first kappa shape index (κ1) is 26.9. The summed E-state index contributed by atoms with van der Waals surface area (Å²) >= 11 is 1.19. The Hall–Kier alpha value is -3.70. The van der Waals surface area contributed by atoms with Crippen molar-refractivity contribution >= 4 is 34.7 Å². The van der Waals surface area contributed by atoms with E-state index >= 15 is 0 Å². The lowest BCUT2D eigenvalue weighted by atomic mass is 10.1. The number of aliphatic carboxylic acids is 1. The van der Waals surface area contributed by atoms with E-state index in [0.717, 1.165) is 0 Å². The third-order valence-electron chi connectivity index (χ3n) is 4.70. The van der Waals surface area contributed by atoms with Crippen LogP contribution in [-0.4, -0.2) is 42.9 Å². The lowest BCUT2D eigenvalue weighted by molar-refractivity contribution is -0.143. The number of esters is 1. The van der Waals surface area contributed by atoms with Crippen molar-refractivity contribution in [2.75, 3.05) is 13.7 Å². The summed E-state index contributed by atoms with van der Waals surface area (Å²) in [4.78, 5) is 36.3. The van der Waals surface area contributed by atoms with Gasteiger partial charge in [-0.2, -0.15) is 0 Å². The van der Waals surface area contributed by atoms with Gasteiger partial charge in [-0.25, -0.2) is 0 Å². The average Bonchev–Trinajstić information content (AvgIpc) is 2.79. The van der Waals surface area contributed by atoms with Crippen molar-refractivity contribution in [2.24, 2.45) is 5.73 Å². The Morgan fingerprint density at radius 3 is 2.42 bits per heavy atom. The fourth-order valence-electron chi connectivity index (χ4n) is 3.22. The second-order valence-electron chi connectivity index (χ2n) is 7.84. The Morgan fingerprint density at radius 1 is 1.14 bits per heavy atom. The largest absolute Gasteiger partial charge is 0.490 e. The second-order valence-corrected chi connectivity index (χ2v) is 8.91. The van der Waals surface area contributed by atoms with Crippen molar-refractivity contribution in [3.05, 3.63) is 46.6 Å². The Bertz CT molecular complexity index is 1300. The number of carbonyl (C=O) groups excluding carboxylic acids is 1. The first-order valence-corrected chi connectivity index (χ1v) is 11.9. The van der Waals surface area contributed by atoms with Gasteiger partial charge in [0, 0.05) is 17.0 Å². The fraction of sp³-hybridized carbons (Fsp3) is 0.320. The minimum Gasteiger partial charge on any atom is -0.490 e. The van der Waals surface area contributed by atoms with Crippen LogP contribution >= 0.6 is 11.8 Å². The van der Waals surface area contributed by atoms with Crippen LogP contribution in [0.2, 0.25) is 0 Å². The number of hydrogen-bond acceptors (Lipinski definition) is 10. The summed E-state index contributed by atoms with van der Waals surface area (Å²) in [7, 11) is 1.48. The van der Waals surface area contributed by atoms with Crippen LogP contribution in [0, 0.1) is 0 Å². The molecule has 0 radical (unpaired) electrons. The van der Waals surface area contributed by atoms with Crippen LogP contribution in [0.5, 0.6) is 23.0 Å². The summed E-state index contributed by atoms with van der Waals surface area (Å²) in [5.41, 5.74) is 5.32. The molecule has 36 heavy (non-hydrogen) atoms. The van der Waals surface area contributed by atoms with Gasteiger partial charge in [-0.05, 0) is 45.0 Å². The van der Waals surface area contributed by atoms with E-state index in [1.807, 2.05) is 13.8 Å². The van der Waals surface area contributed by atoms with Gasteiger partial charge in [0.2, 0.25) is 5.75 Å². The summed E-state index contributed by atoms with van der Waals surface area (Å²) in [5, 5.41) is 9.37. The normalized spacial score (nSPS) is 11.8. The second kappa shape index (κ2) is 11.8. The third kappa shape index (κ3) is 6.49. The monoisotopic (exact) mass is 517 g/mol. The van der Waals surface area contributed by atoms with Crippen LogP contribution in [0.15, 0.2) is 55.6 Å². The molecule has 3 N–H and O–H groups in total. The molecule has 0 aliphatic rings. The molecule has 0 saturated heterocycles. The Kier molecular flexibility index (Phi) is 8.83. The lowest BCUT2D eigenvalue weighted by Gasteiger charge is -2.18. The number of carbonyl (C=O) groups is 2. The maximum Gasteiger partial charge on any atom is 0.321 e. The van der Waals surface area contributed by atoms with Gasteiger partial charge in [-0.3, -0.25) is 14.4 Å². The molecule has 1 atom stereocenters. The molecule has 1 aromatic heterocycles. The smallest absolute Gasteiger partial charge is 0.321 e. The molecule has 3 rings (SSSR count). The highest BCUT2D eigenvalue weighted by Crippen LogP contribution is 2.44. The van der Waals surface area contributed by atoms with E-state index in [9.17, 15) is 14.4 Å². The lowest BCUT2D eigenvalue weighted by Crippen LogP contribution is -2.33. The number of nitrogens with two attached hydrogens (primary N) is 1. The molecule has 0 unspecified atom stereocenters. The first-order chi connectivity index (χ1) is 17.1. The number of benzene rings is 2. The van der Waals surface area contributed by atoms with Crippen LogP contribution in [0.25, 0.3) is 11.0 Å². The molecule has 0 amide bonds. The molecule has 192 valence electrons. The van der Waals surface area contributed by atoms with E-state index in [1.54, 1.807) is 25.1 Å². The number of ether oxygens (including phenoxy) is 4. The predicted octanol–water partition coefficient (Wildman–Crippen LogP) is 3.85. The topological polar surface area (TPSA) is 148 Å². The summed E-state index contributed by atoms with van der Waals surface area (Å²) in [6, 6.07) is 8.05. The van der Waals surface area contributed by atoms with Crippen molar-refractivity contribution in [1.82, 2.24) is 0 Å². The van der Waals surface area contributed by atoms with Crippen molar-refractivity contribution in [3.8, 4) is 23.0 Å². The van der Waals surface area contributed by atoms with Crippen molar-refractivity contribution in [2.45, 2.75) is 49.3 Å². The van der Waals surface area contributed by atoms with Crippen LogP contribution in [0.3, 0.4) is 0 Å². The molecule has 10 nitrogen and oxygen atoms in total. The van der Waals surface area contributed by atoms with Gasteiger partial charge in [0.25, 0.3) is 0 Å². The van der Waals surface area contributed by atoms with Gasteiger partial charge in [0.15, 0.2) is 22.0 Å². The number of carboxylic acid groups (broad SMARTS) is 1. The summed E-state index contributed by atoms with van der Waals surface area (Å²) < 4.78 is 28.2. The number of hydrogen-bond donors (Lipinski definition) is 2. The molecule has 0 aliphatic heterocycles. The highest BCUT2D eigenvalue weighted by Gasteiger charge is 2.22. The van der Waals surface area contributed by atoms with Gasteiger partial charge in [-0.1, -0.05) is 11.8 Å². The first-order valence-electron chi connectivity index (χ1n) is 11.1.